The van der Waals surface area contributed by atoms with Crippen molar-refractivity contribution in [1.29, 1.82) is 0 Å². The van der Waals surface area contributed by atoms with Crippen LogP contribution in [0.4, 0.5) is 0 Å². The Hall–Kier alpha value is -2.80. The Morgan fingerprint density at radius 1 is 1.11 bits per heavy atom. The summed E-state index contributed by atoms with van der Waals surface area (Å²) in [5.74, 6) is 1.58. The average molecular weight is 381 g/mol. The molecule has 138 valence electrons. The van der Waals surface area contributed by atoms with Crippen LogP contribution in [0.25, 0.3) is 5.69 Å². The van der Waals surface area contributed by atoms with Crippen LogP contribution in [0.15, 0.2) is 47.9 Å². The van der Waals surface area contributed by atoms with E-state index in [1.165, 1.54) is 17.3 Å². The molecule has 6 nitrogen and oxygen atoms in total. The summed E-state index contributed by atoms with van der Waals surface area (Å²) in [6.45, 7) is 5.14. The van der Waals surface area contributed by atoms with E-state index in [0.717, 1.165) is 11.3 Å². The molecule has 0 saturated heterocycles. The molecule has 4 rings (SSSR count). The molecule has 3 aromatic rings. The van der Waals surface area contributed by atoms with Crippen molar-refractivity contribution in [3.8, 4) is 17.2 Å². The maximum absolute atomic E-state index is 12.6. The predicted molar refractivity (Wildman–Crippen MR) is 103 cm³/mol. The number of thioether (sulfide) groups is 1. The van der Waals surface area contributed by atoms with E-state index >= 15 is 0 Å². The van der Waals surface area contributed by atoms with E-state index in [1.54, 1.807) is 24.5 Å². The molecule has 7 heteroatoms. The summed E-state index contributed by atoms with van der Waals surface area (Å²) in [6.07, 6.45) is 1.68. The van der Waals surface area contributed by atoms with Crippen molar-refractivity contribution in [2.45, 2.75) is 19.0 Å². The molecule has 0 fully saturated rings. The van der Waals surface area contributed by atoms with Crippen molar-refractivity contribution in [2.75, 3.05) is 19.0 Å². The van der Waals surface area contributed by atoms with Gasteiger partial charge in [-0.1, -0.05) is 29.5 Å². The van der Waals surface area contributed by atoms with Crippen LogP contribution in [-0.2, 0) is 0 Å². The van der Waals surface area contributed by atoms with Crippen molar-refractivity contribution in [3.63, 3.8) is 0 Å². The van der Waals surface area contributed by atoms with Crippen molar-refractivity contribution in [3.05, 3.63) is 59.4 Å². The van der Waals surface area contributed by atoms with E-state index in [9.17, 15) is 4.79 Å². The van der Waals surface area contributed by atoms with Gasteiger partial charge in [0.25, 0.3) is 0 Å². The molecule has 0 N–H and O–H groups in total. The monoisotopic (exact) mass is 381 g/mol. The Labute approximate surface area is 161 Å². The number of aryl methyl sites for hydroxylation is 2. The van der Waals surface area contributed by atoms with Gasteiger partial charge in [0.05, 0.1) is 11.4 Å². The lowest BCUT2D eigenvalue weighted by Crippen LogP contribution is -2.16. The number of hydrogen-bond acceptors (Lipinski definition) is 6. The van der Waals surface area contributed by atoms with Gasteiger partial charge in [0.2, 0.25) is 0 Å². The first-order valence-corrected chi connectivity index (χ1v) is 9.63. The van der Waals surface area contributed by atoms with Crippen LogP contribution in [0.3, 0.4) is 0 Å². The third-order valence-corrected chi connectivity index (χ3v) is 5.27. The topological polar surface area (TPSA) is 66.2 Å². The van der Waals surface area contributed by atoms with E-state index < -0.39 is 0 Å². The second-order valence-electron chi connectivity index (χ2n) is 6.34. The fraction of sp³-hybridized carbons (Fsp3) is 0.250. The summed E-state index contributed by atoms with van der Waals surface area (Å²) < 4.78 is 13.0. The largest absolute Gasteiger partial charge is 0.486 e. The number of benzene rings is 2. The summed E-state index contributed by atoms with van der Waals surface area (Å²) in [6, 6.07) is 11.5. The quantitative estimate of drug-likeness (QED) is 0.497. The van der Waals surface area contributed by atoms with Crippen LogP contribution in [-0.4, -0.2) is 39.5 Å². The van der Waals surface area contributed by atoms with Crippen molar-refractivity contribution < 1.29 is 14.3 Å². The zero-order valence-corrected chi connectivity index (χ0v) is 16.0. The average Bonchev–Trinajstić information content (AvgIpc) is 3.14. The Kier molecular flexibility index (Phi) is 4.85. The van der Waals surface area contributed by atoms with Gasteiger partial charge in [0.15, 0.2) is 22.4 Å². The predicted octanol–water partition coefficient (Wildman–Crippen LogP) is 3.63. The molecule has 1 aliphatic heterocycles. The van der Waals surface area contributed by atoms with Crippen LogP contribution in [0.5, 0.6) is 11.5 Å². The zero-order valence-electron chi connectivity index (χ0n) is 15.1. The fourth-order valence-electron chi connectivity index (χ4n) is 2.99. The fourth-order valence-corrected chi connectivity index (χ4v) is 3.81. The molecule has 0 bridgehead atoms. The number of fused-ring (bicyclic) bond motifs is 1. The number of rotatable bonds is 5. The number of aromatic nitrogens is 3. The number of ether oxygens (including phenoxy) is 2. The lowest BCUT2D eigenvalue weighted by atomic mass is 10.1. The zero-order chi connectivity index (χ0) is 18.8. The number of hydrogen-bond donors (Lipinski definition) is 0. The molecule has 0 saturated carbocycles. The van der Waals surface area contributed by atoms with Crippen LogP contribution in [0.1, 0.15) is 21.5 Å². The Balaban J connectivity index is 1.50. The molecule has 0 unspecified atom stereocenters. The van der Waals surface area contributed by atoms with Crippen LogP contribution < -0.4 is 9.47 Å². The van der Waals surface area contributed by atoms with Crippen molar-refractivity contribution >= 4 is 17.5 Å². The minimum absolute atomic E-state index is 0.00662. The maximum Gasteiger partial charge on any atom is 0.196 e. The standard InChI is InChI=1S/C20H19N3O3S/c1-13-3-5-16(14(2)9-13)23-12-21-22-20(23)27-11-17(24)15-4-6-18-19(10-15)26-8-7-25-18/h3-6,9-10,12H,7-8,11H2,1-2H3. The first-order chi connectivity index (χ1) is 13.1. The SMILES string of the molecule is Cc1ccc(-n2cnnc2SCC(=O)c2ccc3c(c2)OCCO3)c(C)c1. The van der Waals surface area contributed by atoms with Gasteiger partial charge in [-0.05, 0) is 43.7 Å². The molecule has 1 aromatic heterocycles. The number of nitrogens with zero attached hydrogens (tertiary/aromatic N) is 3. The Bertz CT molecular complexity index is 1000. The number of carbonyl (C=O) groups is 1. The Morgan fingerprint density at radius 3 is 2.74 bits per heavy atom. The lowest BCUT2D eigenvalue weighted by molar-refractivity contribution is 0.102. The normalized spacial score (nSPS) is 12.8. The molecule has 0 aliphatic carbocycles. The van der Waals surface area contributed by atoms with E-state index in [-0.39, 0.29) is 11.5 Å². The molecule has 1 aliphatic rings. The van der Waals surface area contributed by atoms with Gasteiger partial charge in [-0.2, -0.15) is 0 Å². The number of Topliss-reactive ketones (excluding diaryl/α,β-unsaturated/α-hetero) is 1. The molecule has 27 heavy (non-hydrogen) atoms. The first kappa shape index (κ1) is 17.6. The highest BCUT2D eigenvalue weighted by molar-refractivity contribution is 7.99. The number of ketones is 1. The third-order valence-electron chi connectivity index (χ3n) is 4.32. The highest BCUT2D eigenvalue weighted by atomic mass is 32.2. The highest BCUT2D eigenvalue weighted by Crippen LogP contribution is 2.31. The van der Waals surface area contributed by atoms with E-state index in [1.807, 2.05) is 10.6 Å². The molecule has 0 amide bonds. The highest BCUT2D eigenvalue weighted by Gasteiger charge is 2.17. The molecule has 2 heterocycles. The van der Waals surface area contributed by atoms with Gasteiger partial charge in [0, 0.05) is 5.56 Å². The van der Waals surface area contributed by atoms with Gasteiger partial charge >= 0.3 is 0 Å². The van der Waals surface area contributed by atoms with Crippen LogP contribution in [0.2, 0.25) is 0 Å². The summed E-state index contributed by atoms with van der Waals surface area (Å²) in [4.78, 5) is 12.6. The maximum atomic E-state index is 12.6. The van der Waals surface area contributed by atoms with Gasteiger partial charge < -0.3 is 9.47 Å². The van der Waals surface area contributed by atoms with E-state index in [0.29, 0.717) is 35.4 Å². The number of carbonyl (C=O) groups excluding carboxylic acids is 1. The molecule has 0 spiro atoms. The smallest absolute Gasteiger partial charge is 0.196 e. The van der Waals surface area contributed by atoms with E-state index in [4.69, 9.17) is 9.47 Å². The second kappa shape index (κ2) is 7.44. The van der Waals surface area contributed by atoms with Crippen molar-refractivity contribution in [1.82, 2.24) is 14.8 Å². The van der Waals surface area contributed by atoms with Gasteiger partial charge in [-0.15, -0.1) is 10.2 Å². The first-order valence-electron chi connectivity index (χ1n) is 8.65. The van der Waals surface area contributed by atoms with Crippen molar-refractivity contribution in [2.24, 2.45) is 0 Å². The van der Waals surface area contributed by atoms with Gasteiger partial charge in [0.1, 0.15) is 19.5 Å². The van der Waals surface area contributed by atoms with E-state index in [2.05, 4.69) is 36.2 Å². The minimum Gasteiger partial charge on any atom is -0.486 e. The Morgan fingerprint density at radius 2 is 1.93 bits per heavy atom. The summed E-state index contributed by atoms with van der Waals surface area (Å²) >= 11 is 1.37. The second-order valence-corrected chi connectivity index (χ2v) is 7.29. The summed E-state index contributed by atoms with van der Waals surface area (Å²) in [5, 5.41) is 8.87. The summed E-state index contributed by atoms with van der Waals surface area (Å²) in [5.41, 5.74) is 3.95. The lowest BCUT2D eigenvalue weighted by Gasteiger charge is -2.18. The van der Waals surface area contributed by atoms with Crippen LogP contribution >= 0.6 is 11.8 Å². The molecular formula is C20H19N3O3S. The molecule has 0 atom stereocenters. The van der Waals surface area contributed by atoms with Crippen LogP contribution in [0, 0.1) is 13.8 Å². The third kappa shape index (κ3) is 3.68. The molecule has 0 radical (unpaired) electrons. The summed E-state index contributed by atoms with van der Waals surface area (Å²) in [7, 11) is 0. The molecular weight excluding hydrogens is 362 g/mol. The van der Waals surface area contributed by atoms with Gasteiger partial charge in [-0.3, -0.25) is 9.36 Å². The minimum atomic E-state index is 0.00662. The van der Waals surface area contributed by atoms with Gasteiger partial charge in [-0.25, -0.2) is 0 Å². The molecule has 2 aromatic carbocycles.